The number of carbonyl (C=O) groups is 2. The van der Waals surface area contributed by atoms with E-state index in [4.69, 9.17) is 0 Å². The average Bonchev–Trinajstić information content (AvgIpc) is 2.95. The SMILES string of the molecule is CN(C)CCCNC(=O)C(=O)NC1CC1. The Morgan fingerprint density at radius 1 is 1.27 bits per heavy atom. The van der Waals surface area contributed by atoms with Crippen molar-refractivity contribution in [2.75, 3.05) is 27.2 Å². The topological polar surface area (TPSA) is 61.4 Å². The van der Waals surface area contributed by atoms with Crippen LogP contribution >= 0.6 is 0 Å². The van der Waals surface area contributed by atoms with E-state index in [2.05, 4.69) is 10.6 Å². The van der Waals surface area contributed by atoms with E-state index < -0.39 is 11.8 Å². The molecule has 2 N–H and O–H groups in total. The molecular weight excluding hydrogens is 194 g/mol. The van der Waals surface area contributed by atoms with E-state index >= 15 is 0 Å². The third-order valence-corrected chi connectivity index (χ3v) is 2.19. The zero-order valence-corrected chi connectivity index (χ0v) is 9.38. The summed E-state index contributed by atoms with van der Waals surface area (Å²) < 4.78 is 0. The molecule has 0 bridgehead atoms. The summed E-state index contributed by atoms with van der Waals surface area (Å²) in [5.41, 5.74) is 0. The Labute approximate surface area is 90.2 Å². The molecule has 0 spiro atoms. The molecule has 2 amide bonds. The Morgan fingerprint density at radius 2 is 1.93 bits per heavy atom. The van der Waals surface area contributed by atoms with Gasteiger partial charge in [-0.2, -0.15) is 0 Å². The summed E-state index contributed by atoms with van der Waals surface area (Å²) in [6, 6.07) is 0.241. The van der Waals surface area contributed by atoms with Crippen LogP contribution in [0.5, 0.6) is 0 Å². The van der Waals surface area contributed by atoms with Gasteiger partial charge in [-0.1, -0.05) is 0 Å². The van der Waals surface area contributed by atoms with Crippen LogP contribution in [0.4, 0.5) is 0 Å². The van der Waals surface area contributed by atoms with E-state index in [0.717, 1.165) is 25.8 Å². The van der Waals surface area contributed by atoms with Crippen LogP contribution < -0.4 is 10.6 Å². The fraction of sp³-hybridized carbons (Fsp3) is 0.800. The van der Waals surface area contributed by atoms with Gasteiger partial charge < -0.3 is 15.5 Å². The Morgan fingerprint density at radius 3 is 2.47 bits per heavy atom. The van der Waals surface area contributed by atoms with Gasteiger partial charge in [-0.15, -0.1) is 0 Å². The minimum atomic E-state index is -0.513. The summed E-state index contributed by atoms with van der Waals surface area (Å²) in [5, 5.41) is 5.24. The maximum absolute atomic E-state index is 11.2. The van der Waals surface area contributed by atoms with Gasteiger partial charge in [0.05, 0.1) is 0 Å². The van der Waals surface area contributed by atoms with Crippen molar-refractivity contribution in [1.29, 1.82) is 0 Å². The standard InChI is InChI=1S/C10H19N3O2/c1-13(2)7-3-6-11-9(14)10(15)12-8-4-5-8/h8H,3-7H2,1-2H3,(H,11,14)(H,12,15). The summed E-state index contributed by atoms with van der Waals surface area (Å²) in [6.07, 6.45) is 2.86. The summed E-state index contributed by atoms with van der Waals surface area (Å²) in [6.45, 7) is 1.46. The first-order chi connectivity index (χ1) is 7.09. The average molecular weight is 213 g/mol. The molecule has 5 heteroatoms. The van der Waals surface area contributed by atoms with Gasteiger partial charge in [0, 0.05) is 12.6 Å². The number of hydrogen-bond acceptors (Lipinski definition) is 3. The van der Waals surface area contributed by atoms with Crippen LogP contribution in [0.3, 0.4) is 0 Å². The predicted octanol–water partition coefficient (Wildman–Crippen LogP) is -0.667. The lowest BCUT2D eigenvalue weighted by atomic mass is 10.4. The van der Waals surface area contributed by atoms with Crippen LogP contribution in [0.25, 0.3) is 0 Å². The highest BCUT2D eigenvalue weighted by atomic mass is 16.2. The number of nitrogens with zero attached hydrogens (tertiary/aromatic N) is 1. The number of amides is 2. The smallest absolute Gasteiger partial charge is 0.309 e. The Balaban J connectivity index is 2.03. The van der Waals surface area contributed by atoms with Gasteiger partial charge in [0.2, 0.25) is 0 Å². The maximum atomic E-state index is 11.2. The molecule has 0 heterocycles. The van der Waals surface area contributed by atoms with E-state index in [1.165, 1.54) is 0 Å². The highest BCUT2D eigenvalue weighted by Gasteiger charge is 2.25. The van der Waals surface area contributed by atoms with E-state index in [0.29, 0.717) is 6.54 Å². The molecule has 1 fully saturated rings. The largest absolute Gasteiger partial charge is 0.348 e. The highest BCUT2D eigenvalue weighted by molar-refractivity contribution is 6.35. The second-order valence-corrected chi connectivity index (χ2v) is 4.16. The second-order valence-electron chi connectivity index (χ2n) is 4.16. The lowest BCUT2D eigenvalue weighted by Crippen LogP contribution is -2.41. The van der Waals surface area contributed by atoms with Crippen molar-refractivity contribution >= 4 is 11.8 Å². The second kappa shape index (κ2) is 5.70. The van der Waals surface area contributed by atoms with Gasteiger partial charge in [-0.3, -0.25) is 9.59 Å². The molecule has 1 saturated carbocycles. The van der Waals surface area contributed by atoms with Crippen molar-refractivity contribution in [3.63, 3.8) is 0 Å². The number of rotatable bonds is 5. The van der Waals surface area contributed by atoms with Crippen LogP contribution in [-0.4, -0.2) is 49.9 Å². The molecule has 5 nitrogen and oxygen atoms in total. The zero-order valence-electron chi connectivity index (χ0n) is 9.38. The molecule has 1 aliphatic carbocycles. The van der Waals surface area contributed by atoms with Crippen molar-refractivity contribution in [2.45, 2.75) is 25.3 Å². The molecule has 86 valence electrons. The molecule has 0 aromatic heterocycles. The first kappa shape index (κ1) is 12.0. The van der Waals surface area contributed by atoms with E-state index in [1.807, 2.05) is 19.0 Å². The predicted molar refractivity (Wildman–Crippen MR) is 57.3 cm³/mol. The number of carbonyl (C=O) groups excluding carboxylic acids is 2. The fourth-order valence-electron chi connectivity index (χ4n) is 1.16. The van der Waals surface area contributed by atoms with Gasteiger partial charge >= 0.3 is 11.8 Å². The number of nitrogens with one attached hydrogen (secondary N) is 2. The Hall–Kier alpha value is -1.10. The molecule has 0 aromatic rings. The summed E-state index contributed by atoms with van der Waals surface area (Å²) in [4.78, 5) is 24.4. The minimum Gasteiger partial charge on any atom is -0.348 e. The van der Waals surface area contributed by atoms with Crippen molar-refractivity contribution in [1.82, 2.24) is 15.5 Å². The van der Waals surface area contributed by atoms with E-state index in [-0.39, 0.29) is 6.04 Å². The van der Waals surface area contributed by atoms with E-state index in [1.54, 1.807) is 0 Å². The van der Waals surface area contributed by atoms with Crippen molar-refractivity contribution in [3.05, 3.63) is 0 Å². The normalized spacial score (nSPS) is 15.1. The van der Waals surface area contributed by atoms with Crippen LogP contribution in [-0.2, 0) is 9.59 Å². The molecule has 1 aliphatic rings. The first-order valence-corrected chi connectivity index (χ1v) is 5.33. The zero-order chi connectivity index (χ0) is 11.3. The lowest BCUT2D eigenvalue weighted by molar-refractivity contribution is -0.139. The van der Waals surface area contributed by atoms with Gasteiger partial charge in [-0.05, 0) is 39.9 Å². The third-order valence-electron chi connectivity index (χ3n) is 2.19. The molecular formula is C10H19N3O2. The fourth-order valence-corrected chi connectivity index (χ4v) is 1.16. The van der Waals surface area contributed by atoms with Gasteiger partial charge in [0.1, 0.15) is 0 Å². The molecule has 0 atom stereocenters. The third kappa shape index (κ3) is 5.37. The molecule has 0 unspecified atom stereocenters. The Bertz CT molecular complexity index is 237. The van der Waals surface area contributed by atoms with Crippen LogP contribution in [0.2, 0.25) is 0 Å². The lowest BCUT2D eigenvalue weighted by Gasteiger charge is -2.09. The summed E-state index contributed by atoms with van der Waals surface area (Å²) in [7, 11) is 3.95. The quantitative estimate of drug-likeness (QED) is 0.470. The number of hydrogen-bond donors (Lipinski definition) is 2. The minimum absolute atomic E-state index is 0.241. The van der Waals surface area contributed by atoms with Crippen molar-refractivity contribution in [2.24, 2.45) is 0 Å². The van der Waals surface area contributed by atoms with Crippen molar-refractivity contribution in [3.8, 4) is 0 Å². The summed E-state index contributed by atoms with van der Waals surface area (Å²) >= 11 is 0. The first-order valence-electron chi connectivity index (χ1n) is 5.33. The van der Waals surface area contributed by atoms with Crippen molar-refractivity contribution < 1.29 is 9.59 Å². The van der Waals surface area contributed by atoms with E-state index in [9.17, 15) is 9.59 Å². The van der Waals surface area contributed by atoms with Gasteiger partial charge in [0.25, 0.3) is 0 Å². The molecule has 0 aliphatic heterocycles. The van der Waals surface area contributed by atoms with Crippen LogP contribution in [0, 0.1) is 0 Å². The summed E-state index contributed by atoms with van der Waals surface area (Å²) in [5.74, 6) is -1.01. The van der Waals surface area contributed by atoms with Gasteiger partial charge in [0.15, 0.2) is 0 Å². The Kier molecular flexibility index (Phi) is 4.55. The maximum Gasteiger partial charge on any atom is 0.309 e. The molecule has 15 heavy (non-hydrogen) atoms. The molecule has 1 rings (SSSR count). The van der Waals surface area contributed by atoms with Crippen LogP contribution in [0.1, 0.15) is 19.3 Å². The monoisotopic (exact) mass is 213 g/mol. The molecule has 0 saturated heterocycles. The van der Waals surface area contributed by atoms with Crippen LogP contribution in [0.15, 0.2) is 0 Å². The highest BCUT2D eigenvalue weighted by Crippen LogP contribution is 2.18. The van der Waals surface area contributed by atoms with Gasteiger partial charge in [-0.25, -0.2) is 0 Å². The molecule has 0 aromatic carbocycles. The molecule has 0 radical (unpaired) electrons.